The first-order valence-electron chi connectivity index (χ1n) is 8.90. The van der Waals surface area contributed by atoms with Gasteiger partial charge in [-0.25, -0.2) is 14.6 Å². The van der Waals surface area contributed by atoms with Crippen molar-refractivity contribution in [3.05, 3.63) is 48.0 Å². The van der Waals surface area contributed by atoms with Crippen LogP contribution in [0, 0.1) is 6.92 Å². The molecule has 0 amide bonds. The van der Waals surface area contributed by atoms with Crippen molar-refractivity contribution in [2.45, 2.75) is 20.3 Å². The van der Waals surface area contributed by atoms with Gasteiger partial charge < -0.3 is 9.80 Å². The number of hydrogen-bond acceptors (Lipinski definition) is 7. The van der Waals surface area contributed by atoms with Gasteiger partial charge in [-0.05, 0) is 37.1 Å². The second-order valence-corrected chi connectivity index (χ2v) is 6.37. The van der Waals surface area contributed by atoms with Gasteiger partial charge in [0.15, 0.2) is 11.6 Å². The third kappa shape index (κ3) is 3.35. The minimum atomic E-state index is 0.727. The second-order valence-electron chi connectivity index (χ2n) is 6.37. The molecule has 1 aliphatic rings. The van der Waals surface area contributed by atoms with Crippen LogP contribution in [0.4, 0.5) is 11.8 Å². The van der Waals surface area contributed by atoms with E-state index in [1.807, 2.05) is 43.7 Å². The Morgan fingerprint density at radius 2 is 1.54 bits per heavy atom. The van der Waals surface area contributed by atoms with Crippen molar-refractivity contribution < 1.29 is 0 Å². The lowest BCUT2D eigenvalue weighted by Crippen LogP contribution is -2.47. The lowest BCUT2D eigenvalue weighted by molar-refractivity contribution is 0.629. The van der Waals surface area contributed by atoms with Crippen LogP contribution in [0.15, 0.2) is 36.8 Å². The number of anilines is 2. The van der Waals surface area contributed by atoms with E-state index in [0.29, 0.717) is 0 Å². The van der Waals surface area contributed by atoms with Gasteiger partial charge in [0.25, 0.3) is 0 Å². The molecule has 1 fully saturated rings. The van der Waals surface area contributed by atoms with E-state index in [9.17, 15) is 0 Å². The van der Waals surface area contributed by atoms with Crippen molar-refractivity contribution in [3.63, 3.8) is 0 Å². The molecule has 134 valence electrons. The summed E-state index contributed by atoms with van der Waals surface area (Å²) in [4.78, 5) is 13.4. The maximum atomic E-state index is 4.48. The smallest absolute Gasteiger partial charge is 0.225 e. The van der Waals surface area contributed by atoms with Gasteiger partial charge in [0.1, 0.15) is 0 Å². The topological polar surface area (TPSA) is 75.9 Å². The molecule has 26 heavy (non-hydrogen) atoms. The first-order valence-corrected chi connectivity index (χ1v) is 8.90. The fourth-order valence-corrected chi connectivity index (χ4v) is 2.98. The third-order valence-electron chi connectivity index (χ3n) is 4.58. The summed E-state index contributed by atoms with van der Waals surface area (Å²) in [6, 6.07) is 5.90. The molecule has 0 unspecified atom stereocenters. The highest BCUT2D eigenvalue weighted by molar-refractivity contribution is 5.43. The van der Waals surface area contributed by atoms with Crippen molar-refractivity contribution in [3.8, 4) is 5.82 Å². The maximum absolute atomic E-state index is 4.48. The van der Waals surface area contributed by atoms with Crippen LogP contribution in [-0.2, 0) is 6.42 Å². The predicted octanol–water partition coefficient (Wildman–Crippen LogP) is 1.65. The van der Waals surface area contributed by atoms with E-state index in [2.05, 4.69) is 42.0 Å². The van der Waals surface area contributed by atoms with Crippen molar-refractivity contribution in [2.75, 3.05) is 36.0 Å². The SMILES string of the molecule is CCc1cnc(N2CCN(c3ccc(-n4ccc(C)n4)nn3)CC2)nc1. The number of hydrogen-bond donors (Lipinski definition) is 0. The maximum Gasteiger partial charge on any atom is 0.225 e. The highest BCUT2D eigenvalue weighted by atomic mass is 15.4. The molecule has 0 spiro atoms. The number of aromatic nitrogens is 6. The van der Waals surface area contributed by atoms with E-state index < -0.39 is 0 Å². The molecule has 3 aromatic rings. The summed E-state index contributed by atoms with van der Waals surface area (Å²) in [5.41, 5.74) is 2.12. The summed E-state index contributed by atoms with van der Waals surface area (Å²) in [5, 5.41) is 13.0. The molecule has 0 aromatic carbocycles. The zero-order valence-corrected chi connectivity index (χ0v) is 15.1. The van der Waals surface area contributed by atoms with E-state index >= 15 is 0 Å². The van der Waals surface area contributed by atoms with Crippen molar-refractivity contribution in [2.24, 2.45) is 0 Å². The molecule has 0 radical (unpaired) electrons. The molecule has 3 aromatic heterocycles. The van der Waals surface area contributed by atoms with Crippen LogP contribution in [0.2, 0.25) is 0 Å². The predicted molar refractivity (Wildman–Crippen MR) is 99.7 cm³/mol. The van der Waals surface area contributed by atoms with Crippen molar-refractivity contribution >= 4 is 11.8 Å². The van der Waals surface area contributed by atoms with Gasteiger partial charge in [-0.15, -0.1) is 10.2 Å². The largest absolute Gasteiger partial charge is 0.352 e. The standard InChI is InChI=1S/C18H22N8/c1-3-15-12-19-18(20-13-15)25-10-8-24(9-11-25)16-4-5-17(22-21-16)26-7-6-14(2)23-26/h4-7,12-13H,3,8-11H2,1-2H3. The molecule has 0 saturated carbocycles. The Kier molecular flexibility index (Phi) is 4.47. The van der Waals surface area contributed by atoms with E-state index in [0.717, 1.165) is 61.4 Å². The number of nitrogens with zero attached hydrogens (tertiary/aromatic N) is 8. The van der Waals surface area contributed by atoms with Crippen LogP contribution in [0.3, 0.4) is 0 Å². The summed E-state index contributed by atoms with van der Waals surface area (Å²) < 4.78 is 1.74. The molecule has 8 heteroatoms. The van der Waals surface area contributed by atoms with E-state index in [1.54, 1.807) is 4.68 Å². The van der Waals surface area contributed by atoms with E-state index in [1.165, 1.54) is 0 Å². The van der Waals surface area contributed by atoms with Gasteiger partial charge >= 0.3 is 0 Å². The van der Waals surface area contributed by atoms with Gasteiger partial charge in [0.2, 0.25) is 5.95 Å². The first-order chi connectivity index (χ1) is 12.7. The molecular formula is C18H22N8. The molecule has 1 saturated heterocycles. The Balaban J connectivity index is 1.39. The normalized spacial score (nSPS) is 14.7. The Hall–Kier alpha value is -3.03. The van der Waals surface area contributed by atoms with Crippen molar-refractivity contribution in [1.29, 1.82) is 0 Å². The van der Waals surface area contributed by atoms with E-state index in [-0.39, 0.29) is 0 Å². The summed E-state index contributed by atoms with van der Waals surface area (Å²) in [7, 11) is 0. The van der Waals surface area contributed by atoms with Gasteiger partial charge in [-0.3, -0.25) is 0 Å². The zero-order valence-electron chi connectivity index (χ0n) is 15.1. The van der Waals surface area contributed by atoms with Crippen LogP contribution in [-0.4, -0.2) is 56.1 Å². The number of aryl methyl sites for hydroxylation is 2. The lowest BCUT2D eigenvalue weighted by Gasteiger charge is -2.35. The Bertz CT molecular complexity index is 848. The Morgan fingerprint density at radius 3 is 2.12 bits per heavy atom. The van der Waals surface area contributed by atoms with Gasteiger partial charge in [-0.2, -0.15) is 5.10 Å². The van der Waals surface area contributed by atoms with Crippen LogP contribution in [0.5, 0.6) is 0 Å². The zero-order chi connectivity index (χ0) is 17.9. The van der Waals surface area contributed by atoms with Crippen molar-refractivity contribution in [1.82, 2.24) is 29.9 Å². The van der Waals surface area contributed by atoms with E-state index in [4.69, 9.17) is 0 Å². The lowest BCUT2D eigenvalue weighted by atomic mass is 10.3. The van der Waals surface area contributed by atoms with Gasteiger partial charge in [0.05, 0.1) is 5.69 Å². The van der Waals surface area contributed by atoms with Crippen LogP contribution in [0.1, 0.15) is 18.2 Å². The average molecular weight is 350 g/mol. The molecule has 8 nitrogen and oxygen atoms in total. The minimum absolute atomic E-state index is 0.727. The second kappa shape index (κ2) is 7.07. The fourth-order valence-electron chi connectivity index (χ4n) is 2.98. The quantitative estimate of drug-likeness (QED) is 0.708. The molecule has 1 aliphatic heterocycles. The molecule has 0 aliphatic carbocycles. The number of piperazine rings is 1. The third-order valence-corrected chi connectivity index (χ3v) is 4.58. The summed E-state index contributed by atoms with van der Waals surface area (Å²) in [6.45, 7) is 7.54. The highest BCUT2D eigenvalue weighted by Crippen LogP contribution is 2.16. The summed E-state index contributed by atoms with van der Waals surface area (Å²) >= 11 is 0. The van der Waals surface area contributed by atoms with Crippen LogP contribution in [0.25, 0.3) is 5.82 Å². The van der Waals surface area contributed by atoms with Crippen LogP contribution < -0.4 is 9.80 Å². The summed E-state index contributed by atoms with van der Waals surface area (Å²) in [5.74, 6) is 2.42. The summed E-state index contributed by atoms with van der Waals surface area (Å²) in [6.07, 6.45) is 6.67. The average Bonchev–Trinajstić information content (AvgIpc) is 3.15. The number of rotatable bonds is 4. The van der Waals surface area contributed by atoms with Crippen LogP contribution >= 0.6 is 0 Å². The molecule has 0 atom stereocenters. The molecular weight excluding hydrogens is 328 g/mol. The fraction of sp³-hybridized carbons (Fsp3) is 0.389. The highest BCUT2D eigenvalue weighted by Gasteiger charge is 2.20. The monoisotopic (exact) mass is 350 g/mol. The van der Waals surface area contributed by atoms with Gasteiger partial charge in [-0.1, -0.05) is 6.92 Å². The Labute approximate surface area is 152 Å². The first kappa shape index (κ1) is 16.4. The molecule has 4 rings (SSSR count). The molecule has 4 heterocycles. The minimum Gasteiger partial charge on any atom is -0.352 e. The Morgan fingerprint density at radius 1 is 0.885 bits per heavy atom. The molecule has 0 N–H and O–H groups in total. The van der Waals surface area contributed by atoms with Gasteiger partial charge in [0, 0.05) is 44.8 Å². The molecule has 0 bridgehead atoms.